The number of hydrogen-bond donors (Lipinski definition) is 1. The van der Waals surface area contributed by atoms with Crippen molar-refractivity contribution in [3.63, 3.8) is 0 Å². The van der Waals surface area contributed by atoms with Gasteiger partial charge in [-0.3, -0.25) is 4.98 Å². The topological polar surface area (TPSA) is 24.9 Å². The van der Waals surface area contributed by atoms with Gasteiger partial charge in [-0.15, -0.1) is 11.8 Å². The Bertz CT molecular complexity index is 468. The quantitative estimate of drug-likeness (QED) is 0.829. The third-order valence-corrected chi connectivity index (χ3v) is 4.05. The zero-order chi connectivity index (χ0) is 12.8. The molecular formula is C15H18N2S. The summed E-state index contributed by atoms with van der Waals surface area (Å²) >= 11 is 1.85. The van der Waals surface area contributed by atoms with Gasteiger partial charge >= 0.3 is 0 Å². The van der Waals surface area contributed by atoms with Gasteiger partial charge in [0.05, 0.1) is 0 Å². The normalized spacial score (nSPS) is 12.3. The van der Waals surface area contributed by atoms with Crippen LogP contribution >= 0.6 is 11.8 Å². The van der Waals surface area contributed by atoms with Gasteiger partial charge in [-0.05, 0) is 49.4 Å². The predicted octanol–water partition coefficient (Wildman–Crippen LogP) is 3.65. The molecule has 0 saturated heterocycles. The SMILES string of the molecule is CNC(C)c1ccc(SCc2ccncc2)cc1. The first-order chi connectivity index (χ1) is 8.79. The molecule has 1 N–H and O–H groups in total. The molecule has 0 fully saturated rings. The molecule has 18 heavy (non-hydrogen) atoms. The average molecular weight is 258 g/mol. The second-order valence-corrected chi connectivity index (χ2v) is 5.27. The molecule has 94 valence electrons. The lowest BCUT2D eigenvalue weighted by Crippen LogP contribution is -2.11. The Morgan fingerprint density at radius 3 is 2.39 bits per heavy atom. The van der Waals surface area contributed by atoms with Crippen LogP contribution < -0.4 is 5.32 Å². The fourth-order valence-electron chi connectivity index (χ4n) is 1.67. The summed E-state index contributed by atoms with van der Waals surface area (Å²) in [7, 11) is 1.98. The van der Waals surface area contributed by atoms with Crippen LogP contribution in [0.2, 0.25) is 0 Å². The highest BCUT2D eigenvalue weighted by molar-refractivity contribution is 7.98. The summed E-state index contributed by atoms with van der Waals surface area (Å²) in [6, 6.07) is 13.3. The summed E-state index contributed by atoms with van der Waals surface area (Å²) in [5, 5.41) is 3.24. The van der Waals surface area contributed by atoms with Crippen LogP contribution in [0, 0.1) is 0 Å². The Labute approximate surface area is 113 Å². The van der Waals surface area contributed by atoms with Crippen LogP contribution in [-0.4, -0.2) is 12.0 Å². The van der Waals surface area contributed by atoms with Gasteiger partial charge in [-0.25, -0.2) is 0 Å². The first kappa shape index (κ1) is 13.1. The third-order valence-electron chi connectivity index (χ3n) is 2.97. The summed E-state index contributed by atoms with van der Waals surface area (Å²) in [6.45, 7) is 2.17. The van der Waals surface area contributed by atoms with Crippen LogP contribution in [0.25, 0.3) is 0 Å². The molecule has 1 aromatic heterocycles. The summed E-state index contributed by atoms with van der Waals surface area (Å²) < 4.78 is 0. The van der Waals surface area contributed by atoms with Crippen molar-refractivity contribution in [2.45, 2.75) is 23.6 Å². The average Bonchev–Trinajstić information content (AvgIpc) is 2.46. The van der Waals surface area contributed by atoms with Gasteiger partial charge in [-0.1, -0.05) is 12.1 Å². The zero-order valence-electron chi connectivity index (χ0n) is 10.8. The van der Waals surface area contributed by atoms with Crippen LogP contribution in [-0.2, 0) is 5.75 Å². The standard InChI is InChI=1S/C15H18N2S/c1-12(16-2)14-3-5-15(6-4-14)18-11-13-7-9-17-10-8-13/h3-10,12,16H,11H2,1-2H3. The Balaban J connectivity index is 1.94. The maximum Gasteiger partial charge on any atom is 0.0289 e. The monoisotopic (exact) mass is 258 g/mol. The number of pyridine rings is 1. The van der Waals surface area contributed by atoms with Crippen molar-refractivity contribution >= 4 is 11.8 Å². The van der Waals surface area contributed by atoms with Crippen molar-refractivity contribution in [2.24, 2.45) is 0 Å². The van der Waals surface area contributed by atoms with Crippen molar-refractivity contribution in [1.82, 2.24) is 10.3 Å². The van der Waals surface area contributed by atoms with E-state index in [9.17, 15) is 0 Å². The molecule has 2 aromatic rings. The van der Waals surface area contributed by atoms with Gasteiger partial charge in [0.25, 0.3) is 0 Å². The zero-order valence-corrected chi connectivity index (χ0v) is 11.6. The predicted molar refractivity (Wildman–Crippen MR) is 77.7 cm³/mol. The fraction of sp³-hybridized carbons (Fsp3) is 0.267. The van der Waals surface area contributed by atoms with E-state index >= 15 is 0 Å². The molecule has 1 aromatic carbocycles. The number of nitrogens with zero attached hydrogens (tertiary/aromatic N) is 1. The van der Waals surface area contributed by atoms with E-state index in [-0.39, 0.29) is 0 Å². The molecular weight excluding hydrogens is 240 g/mol. The third kappa shape index (κ3) is 3.59. The Morgan fingerprint density at radius 2 is 1.78 bits per heavy atom. The van der Waals surface area contributed by atoms with Gasteiger partial charge in [0.15, 0.2) is 0 Å². The van der Waals surface area contributed by atoms with E-state index in [0.717, 1.165) is 5.75 Å². The lowest BCUT2D eigenvalue weighted by atomic mass is 10.1. The molecule has 1 heterocycles. The summed E-state index contributed by atoms with van der Waals surface area (Å²) in [4.78, 5) is 5.33. The first-order valence-corrected chi connectivity index (χ1v) is 7.07. The molecule has 0 radical (unpaired) electrons. The van der Waals surface area contributed by atoms with Crippen molar-refractivity contribution < 1.29 is 0 Å². The van der Waals surface area contributed by atoms with Crippen molar-refractivity contribution in [3.8, 4) is 0 Å². The maximum absolute atomic E-state index is 4.02. The Kier molecular flexibility index (Phi) is 4.79. The minimum Gasteiger partial charge on any atom is -0.313 e. The highest BCUT2D eigenvalue weighted by atomic mass is 32.2. The molecule has 3 heteroatoms. The van der Waals surface area contributed by atoms with Crippen molar-refractivity contribution in [1.29, 1.82) is 0 Å². The smallest absolute Gasteiger partial charge is 0.0289 e. The Hall–Kier alpha value is -1.32. The van der Waals surface area contributed by atoms with Crippen LogP contribution in [0.3, 0.4) is 0 Å². The molecule has 1 unspecified atom stereocenters. The summed E-state index contributed by atoms with van der Waals surface area (Å²) in [6.07, 6.45) is 3.68. The molecule has 1 atom stereocenters. The molecule has 0 aliphatic heterocycles. The molecule has 2 rings (SSSR count). The highest BCUT2D eigenvalue weighted by Crippen LogP contribution is 2.24. The molecule has 2 nitrogen and oxygen atoms in total. The number of aromatic nitrogens is 1. The molecule has 0 aliphatic rings. The highest BCUT2D eigenvalue weighted by Gasteiger charge is 2.02. The molecule has 0 amide bonds. The van der Waals surface area contributed by atoms with Gasteiger partial charge in [0.2, 0.25) is 0 Å². The fourth-order valence-corrected chi connectivity index (χ4v) is 2.52. The number of rotatable bonds is 5. The second kappa shape index (κ2) is 6.57. The molecule has 0 bridgehead atoms. The van der Waals surface area contributed by atoms with E-state index in [1.165, 1.54) is 16.0 Å². The van der Waals surface area contributed by atoms with E-state index in [4.69, 9.17) is 0 Å². The minimum atomic E-state index is 0.407. The minimum absolute atomic E-state index is 0.407. The van der Waals surface area contributed by atoms with Gasteiger partial charge < -0.3 is 5.32 Å². The maximum atomic E-state index is 4.02. The van der Waals surface area contributed by atoms with Crippen LogP contribution in [0.15, 0.2) is 53.7 Å². The van der Waals surface area contributed by atoms with Crippen LogP contribution in [0.1, 0.15) is 24.1 Å². The van der Waals surface area contributed by atoms with E-state index in [0.29, 0.717) is 6.04 Å². The van der Waals surface area contributed by atoms with Gasteiger partial charge in [0.1, 0.15) is 0 Å². The summed E-state index contributed by atoms with van der Waals surface area (Å²) in [5.74, 6) is 0.990. The van der Waals surface area contributed by atoms with Gasteiger partial charge in [0, 0.05) is 29.1 Å². The largest absolute Gasteiger partial charge is 0.313 e. The van der Waals surface area contributed by atoms with Gasteiger partial charge in [-0.2, -0.15) is 0 Å². The number of thioether (sulfide) groups is 1. The number of hydrogen-bond acceptors (Lipinski definition) is 3. The van der Waals surface area contributed by atoms with E-state index in [2.05, 4.69) is 53.6 Å². The van der Waals surface area contributed by atoms with Crippen molar-refractivity contribution in [3.05, 3.63) is 59.9 Å². The lowest BCUT2D eigenvalue weighted by molar-refractivity contribution is 0.652. The van der Waals surface area contributed by atoms with E-state index in [1.807, 2.05) is 31.2 Å². The summed E-state index contributed by atoms with van der Waals surface area (Å²) in [5.41, 5.74) is 2.63. The van der Waals surface area contributed by atoms with Crippen LogP contribution in [0.4, 0.5) is 0 Å². The number of nitrogens with one attached hydrogen (secondary N) is 1. The first-order valence-electron chi connectivity index (χ1n) is 6.08. The molecule has 0 aliphatic carbocycles. The van der Waals surface area contributed by atoms with Crippen molar-refractivity contribution in [2.75, 3.05) is 7.05 Å². The second-order valence-electron chi connectivity index (χ2n) is 4.22. The Morgan fingerprint density at radius 1 is 1.11 bits per heavy atom. The molecule has 0 spiro atoms. The lowest BCUT2D eigenvalue weighted by Gasteiger charge is -2.10. The van der Waals surface area contributed by atoms with Crippen LogP contribution in [0.5, 0.6) is 0 Å². The van der Waals surface area contributed by atoms with E-state index < -0.39 is 0 Å². The number of benzene rings is 1. The molecule has 0 saturated carbocycles. The van der Waals surface area contributed by atoms with E-state index in [1.54, 1.807) is 0 Å².